The average molecular weight is 218 g/mol. The van der Waals surface area contributed by atoms with E-state index in [4.69, 9.17) is 0 Å². The van der Waals surface area contributed by atoms with Crippen molar-refractivity contribution >= 4 is 0 Å². The van der Waals surface area contributed by atoms with Crippen molar-refractivity contribution < 1.29 is 0 Å². The number of likely N-dealkylation sites (N-methyl/N-ethyl adjacent to an activating group) is 1. The highest BCUT2D eigenvalue weighted by Crippen LogP contribution is 2.14. The topological polar surface area (TPSA) is 15.3 Å². The van der Waals surface area contributed by atoms with Crippen molar-refractivity contribution in [2.45, 2.75) is 39.4 Å². The third-order valence-corrected chi connectivity index (χ3v) is 3.41. The van der Waals surface area contributed by atoms with Crippen LogP contribution >= 0.6 is 0 Å². The molecule has 1 N–H and O–H groups in total. The maximum atomic E-state index is 3.62. The number of aryl methyl sites for hydroxylation is 2. The van der Waals surface area contributed by atoms with E-state index in [1.807, 2.05) is 0 Å². The molecule has 1 heterocycles. The van der Waals surface area contributed by atoms with Gasteiger partial charge in [0.15, 0.2) is 0 Å². The molecule has 2 nitrogen and oxygen atoms in total. The maximum Gasteiger partial charge on any atom is 0.0568 e. The number of hydrogen-bond donors (Lipinski definition) is 1. The van der Waals surface area contributed by atoms with E-state index in [1.54, 1.807) is 0 Å². The summed E-state index contributed by atoms with van der Waals surface area (Å²) in [6.07, 6.45) is 1.65. The van der Waals surface area contributed by atoms with Crippen LogP contribution in [0.3, 0.4) is 0 Å². The Morgan fingerprint density at radius 2 is 1.88 bits per heavy atom. The molecule has 1 fully saturated rings. The lowest BCUT2D eigenvalue weighted by Crippen LogP contribution is -2.32. The molecule has 0 bridgehead atoms. The first kappa shape index (κ1) is 11.6. The zero-order chi connectivity index (χ0) is 11.7. The molecule has 0 aromatic heterocycles. The molecule has 88 valence electrons. The Morgan fingerprint density at radius 3 is 2.38 bits per heavy atom. The second-order valence-corrected chi connectivity index (χ2v) is 5.18. The van der Waals surface area contributed by atoms with Crippen LogP contribution in [0.25, 0.3) is 0 Å². The van der Waals surface area contributed by atoms with Gasteiger partial charge in [-0.15, -0.1) is 0 Å². The van der Waals surface area contributed by atoms with Gasteiger partial charge in [0.05, 0.1) is 6.17 Å². The summed E-state index contributed by atoms with van der Waals surface area (Å²) in [6, 6.07) is 7.44. The van der Waals surface area contributed by atoms with Crippen LogP contribution in [-0.4, -0.2) is 30.7 Å². The van der Waals surface area contributed by atoms with E-state index in [0.29, 0.717) is 12.2 Å². The Balaban J connectivity index is 2.04. The highest BCUT2D eigenvalue weighted by Gasteiger charge is 2.24. The minimum absolute atomic E-state index is 0.510. The summed E-state index contributed by atoms with van der Waals surface area (Å²) in [7, 11) is 2.18. The minimum Gasteiger partial charge on any atom is -0.298 e. The van der Waals surface area contributed by atoms with Gasteiger partial charge in [-0.05, 0) is 39.8 Å². The summed E-state index contributed by atoms with van der Waals surface area (Å²) in [5, 5.41) is 3.62. The van der Waals surface area contributed by atoms with Gasteiger partial charge in [0.25, 0.3) is 0 Å². The molecular weight excluding hydrogens is 196 g/mol. The van der Waals surface area contributed by atoms with E-state index in [1.165, 1.54) is 16.7 Å². The number of benzene rings is 1. The van der Waals surface area contributed by atoms with E-state index in [2.05, 4.69) is 56.2 Å². The molecule has 0 radical (unpaired) electrons. The lowest BCUT2D eigenvalue weighted by Gasteiger charge is -2.12. The van der Waals surface area contributed by atoms with E-state index in [9.17, 15) is 0 Å². The van der Waals surface area contributed by atoms with Gasteiger partial charge in [0.2, 0.25) is 0 Å². The number of nitrogens with zero attached hydrogens (tertiary/aromatic N) is 1. The lowest BCUT2D eigenvalue weighted by molar-refractivity contribution is 0.315. The number of nitrogens with one attached hydrogen (secondary N) is 1. The summed E-state index contributed by atoms with van der Waals surface area (Å²) in [5.41, 5.74) is 4.20. The second kappa shape index (κ2) is 4.56. The summed E-state index contributed by atoms with van der Waals surface area (Å²) in [5.74, 6) is 0. The molecule has 1 aliphatic heterocycles. The van der Waals surface area contributed by atoms with Crippen LogP contribution in [0.1, 0.15) is 23.6 Å². The van der Waals surface area contributed by atoms with Gasteiger partial charge in [0.1, 0.15) is 0 Å². The molecule has 1 aromatic rings. The quantitative estimate of drug-likeness (QED) is 0.818. The van der Waals surface area contributed by atoms with Crippen molar-refractivity contribution in [1.82, 2.24) is 10.2 Å². The van der Waals surface area contributed by atoms with Gasteiger partial charge in [-0.25, -0.2) is 0 Å². The summed E-state index contributed by atoms with van der Waals surface area (Å²) >= 11 is 0. The third kappa shape index (κ3) is 2.63. The fourth-order valence-corrected chi connectivity index (χ4v) is 2.62. The highest BCUT2D eigenvalue weighted by molar-refractivity contribution is 5.29. The van der Waals surface area contributed by atoms with Gasteiger partial charge in [0, 0.05) is 12.6 Å². The lowest BCUT2D eigenvalue weighted by atomic mass is 10.0. The van der Waals surface area contributed by atoms with Crippen molar-refractivity contribution in [3.05, 3.63) is 34.9 Å². The van der Waals surface area contributed by atoms with Gasteiger partial charge >= 0.3 is 0 Å². The van der Waals surface area contributed by atoms with Crippen LogP contribution in [0.5, 0.6) is 0 Å². The van der Waals surface area contributed by atoms with Crippen LogP contribution in [0.2, 0.25) is 0 Å². The third-order valence-electron chi connectivity index (χ3n) is 3.41. The van der Waals surface area contributed by atoms with Gasteiger partial charge in [-0.3, -0.25) is 10.2 Å². The smallest absolute Gasteiger partial charge is 0.0568 e. The summed E-state index contributed by atoms with van der Waals surface area (Å²) in [6.45, 7) is 7.72. The first-order valence-corrected chi connectivity index (χ1v) is 6.08. The van der Waals surface area contributed by atoms with E-state index >= 15 is 0 Å². The SMILES string of the molecule is Cc1cc(C)cc(CC2CN(C)C(C)N2)c1. The highest BCUT2D eigenvalue weighted by atomic mass is 15.3. The Kier molecular flexibility index (Phi) is 3.31. The minimum atomic E-state index is 0.510. The molecular formula is C14H22N2. The van der Waals surface area contributed by atoms with E-state index in [0.717, 1.165) is 13.0 Å². The molecule has 2 heteroatoms. The maximum absolute atomic E-state index is 3.62. The monoisotopic (exact) mass is 218 g/mol. The molecule has 1 saturated heterocycles. The molecule has 0 saturated carbocycles. The van der Waals surface area contributed by atoms with E-state index < -0.39 is 0 Å². The average Bonchev–Trinajstić information content (AvgIpc) is 2.43. The van der Waals surface area contributed by atoms with Crippen LogP contribution in [-0.2, 0) is 6.42 Å². The van der Waals surface area contributed by atoms with Crippen LogP contribution < -0.4 is 5.32 Å². The molecule has 2 atom stereocenters. The molecule has 16 heavy (non-hydrogen) atoms. The normalized spacial score (nSPS) is 26.2. The Bertz CT molecular complexity index is 343. The molecule has 2 unspecified atom stereocenters. The zero-order valence-corrected chi connectivity index (χ0v) is 10.7. The van der Waals surface area contributed by atoms with Crippen molar-refractivity contribution in [3.8, 4) is 0 Å². The Labute approximate surface area is 98.7 Å². The molecule has 2 rings (SSSR count). The standard InChI is InChI=1S/C14H22N2/c1-10-5-11(2)7-13(6-10)8-14-9-16(4)12(3)15-14/h5-7,12,14-15H,8-9H2,1-4H3. The van der Waals surface area contributed by atoms with Crippen molar-refractivity contribution in [2.75, 3.05) is 13.6 Å². The predicted molar refractivity (Wildman–Crippen MR) is 68.6 cm³/mol. The van der Waals surface area contributed by atoms with Crippen molar-refractivity contribution in [1.29, 1.82) is 0 Å². The fourth-order valence-electron chi connectivity index (χ4n) is 2.62. The number of hydrogen-bond acceptors (Lipinski definition) is 2. The van der Waals surface area contributed by atoms with Gasteiger partial charge in [-0.1, -0.05) is 29.3 Å². The predicted octanol–water partition coefficient (Wildman–Crippen LogP) is 2.10. The van der Waals surface area contributed by atoms with Gasteiger partial charge < -0.3 is 0 Å². The summed E-state index contributed by atoms with van der Waals surface area (Å²) in [4.78, 5) is 2.37. The van der Waals surface area contributed by atoms with Crippen LogP contribution in [0.15, 0.2) is 18.2 Å². The first-order chi connectivity index (χ1) is 7.54. The Hall–Kier alpha value is -0.860. The van der Waals surface area contributed by atoms with E-state index in [-0.39, 0.29) is 0 Å². The van der Waals surface area contributed by atoms with Crippen LogP contribution in [0.4, 0.5) is 0 Å². The molecule has 0 spiro atoms. The largest absolute Gasteiger partial charge is 0.298 e. The fraction of sp³-hybridized carbons (Fsp3) is 0.571. The molecule has 1 aromatic carbocycles. The molecule has 0 aliphatic carbocycles. The molecule has 1 aliphatic rings. The zero-order valence-electron chi connectivity index (χ0n) is 10.7. The first-order valence-electron chi connectivity index (χ1n) is 6.08. The molecule has 0 amide bonds. The second-order valence-electron chi connectivity index (χ2n) is 5.18. The van der Waals surface area contributed by atoms with Gasteiger partial charge in [-0.2, -0.15) is 0 Å². The van der Waals surface area contributed by atoms with Crippen molar-refractivity contribution in [3.63, 3.8) is 0 Å². The van der Waals surface area contributed by atoms with Crippen LogP contribution in [0, 0.1) is 13.8 Å². The Morgan fingerprint density at radius 1 is 1.25 bits per heavy atom. The number of rotatable bonds is 2. The van der Waals surface area contributed by atoms with Crippen molar-refractivity contribution in [2.24, 2.45) is 0 Å². The summed E-state index contributed by atoms with van der Waals surface area (Å²) < 4.78 is 0.